The van der Waals surface area contributed by atoms with Gasteiger partial charge in [-0.05, 0) is 84.1 Å². The van der Waals surface area contributed by atoms with Gasteiger partial charge in [-0.3, -0.25) is 0 Å². The van der Waals surface area contributed by atoms with Crippen molar-refractivity contribution in [1.82, 2.24) is 24.3 Å². The Bertz CT molecular complexity index is 1260. The molecule has 29 heavy (non-hydrogen) atoms. The Balaban J connectivity index is 1.47. The zero-order chi connectivity index (χ0) is 19.5. The average Bonchev–Trinajstić information content (AvgIpc) is 3.48. The number of rotatable bonds is 2. The lowest BCUT2D eigenvalue weighted by Gasteiger charge is -2.34. The Labute approximate surface area is 173 Å². The van der Waals surface area contributed by atoms with Crippen LogP contribution in [0.15, 0.2) is 48.0 Å². The van der Waals surface area contributed by atoms with Crippen LogP contribution in [0.25, 0.3) is 16.7 Å². The molecule has 1 atom stereocenters. The van der Waals surface area contributed by atoms with E-state index in [2.05, 4.69) is 48.7 Å². The predicted octanol–water partition coefficient (Wildman–Crippen LogP) is 5.35. The number of nitrogens with one attached hydrogen (secondary N) is 2. The number of allylic oxidation sites excluding steroid dienone is 8. The minimum Gasteiger partial charge on any atom is -0.343 e. The van der Waals surface area contributed by atoms with Crippen LogP contribution >= 0.6 is 11.5 Å². The lowest BCUT2D eigenvalue weighted by Crippen LogP contribution is -2.17. The predicted molar refractivity (Wildman–Crippen MR) is 116 cm³/mol. The Hall–Kier alpha value is -2.99. The highest BCUT2D eigenvalue weighted by atomic mass is 32.1. The SMILES string of the molecule is Cc1ncc(C2=CC3=C(CC2)C2=CC=C(c4cnc(C)[nH]4)CC2c2cnsc23)[nH]1. The molecule has 0 aliphatic heterocycles. The fraction of sp³-hybridized carbons (Fsp3) is 0.261. The molecule has 0 amide bonds. The van der Waals surface area contributed by atoms with Gasteiger partial charge in [-0.1, -0.05) is 12.2 Å². The van der Waals surface area contributed by atoms with Crippen LogP contribution < -0.4 is 0 Å². The quantitative estimate of drug-likeness (QED) is 0.610. The molecule has 2 N–H and O–H groups in total. The van der Waals surface area contributed by atoms with E-state index in [0.717, 1.165) is 42.3 Å². The molecule has 0 fully saturated rings. The summed E-state index contributed by atoms with van der Waals surface area (Å²) in [5.41, 5.74) is 10.6. The molecule has 3 aliphatic rings. The largest absolute Gasteiger partial charge is 0.343 e. The Morgan fingerprint density at radius 3 is 2.41 bits per heavy atom. The van der Waals surface area contributed by atoms with Gasteiger partial charge in [0.25, 0.3) is 0 Å². The van der Waals surface area contributed by atoms with Crippen LogP contribution in [0.3, 0.4) is 0 Å². The summed E-state index contributed by atoms with van der Waals surface area (Å²) in [6.07, 6.45) is 16.0. The maximum absolute atomic E-state index is 4.58. The molecule has 0 saturated carbocycles. The van der Waals surface area contributed by atoms with Crippen molar-refractivity contribution < 1.29 is 0 Å². The normalized spacial score (nSPS) is 20.5. The Kier molecular flexibility index (Phi) is 3.65. The monoisotopic (exact) mass is 399 g/mol. The van der Waals surface area contributed by atoms with Gasteiger partial charge < -0.3 is 9.97 Å². The summed E-state index contributed by atoms with van der Waals surface area (Å²) in [6, 6.07) is 0. The number of nitrogens with zero attached hydrogens (tertiary/aromatic N) is 3. The minimum absolute atomic E-state index is 0.385. The van der Waals surface area contributed by atoms with Crippen molar-refractivity contribution in [3.63, 3.8) is 0 Å². The number of fused-ring (bicyclic) bond motifs is 5. The maximum atomic E-state index is 4.58. The number of H-pyrrole nitrogens is 2. The molecule has 6 heteroatoms. The smallest absolute Gasteiger partial charge is 0.103 e. The summed E-state index contributed by atoms with van der Waals surface area (Å²) in [4.78, 5) is 16.9. The fourth-order valence-electron chi connectivity index (χ4n) is 4.80. The Morgan fingerprint density at radius 1 is 0.931 bits per heavy atom. The zero-order valence-corrected chi connectivity index (χ0v) is 17.2. The number of aryl methyl sites for hydroxylation is 2. The first-order valence-corrected chi connectivity index (χ1v) is 10.8. The Morgan fingerprint density at radius 2 is 1.69 bits per heavy atom. The maximum Gasteiger partial charge on any atom is 0.103 e. The number of aromatic amines is 2. The fourth-order valence-corrected chi connectivity index (χ4v) is 5.66. The first-order valence-electron chi connectivity index (χ1n) is 10.0. The van der Waals surface area contributed by atoms with Gasteiger partial charge in [0, 0.05) is 12.1 Å². The molecule has 144 valence electrons. The van der Waals surface area contributed by atoms with Gasteiger partial charge in [-0.2, -0.15) is 0 Å². The molecule has 3 aromatic heterocycles. The van der Waals surface area contributed by atoms with Crippen LogP contribution in [0.2, 0.25) is 0 Å². The van der Waals surface area contributed by atoms with Crippen LogP contribution in [0.5, 0.6) is 0 Å². The summed E-state index contributed by atoms with van der Waals surface area (Å²) < 4.78 is 4.58. The van der Waals surface area contributed by atoms with Crippen molar-refractivity contribution in [1.29, 1.82) is 0 Å². The lowest BCUT2D eigenvalue weighted by atomic mass is 9.70. The summed E-state index contributed by atoms with van der Waals surface area (Å²) in [6.45, 7) is 4.00. The van der Waals surface area contributed by atoms with Crippen LogP contribution in [-0.4, -0.2) is 24.3 Å². The number of imidazole rings is 2. The van der Waals surface area contributed by atoms with Crippen LogP contribution in [0.4, 0.5) is 0 Å². The van der Waals surface area contributed by atoms with Crippen molar-refractivity contribution in [3.8, 4) is 0 Å². The van der Waals surface area contributed by atoms with Crippen molar-refractivity contribution in [3.05, 3.63) is 81.4 Å². The highest BCUT2D eigenvalue weighted by Gasteiger charge is 2.35. The van der Waals surface area contributed by atoms with E-state index in [1.54, 1.807) is 11.5 Å². The molecule has 0 aromatic carbocycles. The second-order valence-electron chi connectivity index (χ2n) is 8.01. The summed E-state index contributed by atoms with van der Waals surface area (Å²) in [7, 11) is 0. The van der Waals surface area contributed by atoms with Crippen molar-refractivity contribution in [2.75, 3.05) is 0 Å². The zero-order valence-electron chi connectivity index (χ0n) is 16.4. The highest BCUT2D eigenvalue weighted by molar-refractivity contribution is 7.07. The third kappa shape index (κ3) is 2.63. The van der Waals surface area contributed by atoms with E-state index in [-0.39, 0.29) is 0 Å². The second kappa shape index (κ2) is 6.26. The molecular formula is C23H21N5S. The molecule has 1 unspecified atom stereocenters. The molecule has 0 saturated heterocycles. The summed E-state index contributed by atoms with van der Waals surface area (Å²) in [5.74, 6) is 2.31. The highest BCUT2D eigenvalue weighted by Crippen LogP contribution is 2.53. The average molecular weight is 400 g/mol. The molecule has 3 aliphatic carbocycles. The number of hydrogen-bond donors (Lipinski definition) is 2. The van der Waals surface area contributed by atoms with E-state index in [4.69, 9.17) is 0 Å². The lowest BCUT2D eigenvalue weighted by molar-refractivity contribution is 0.784. The van der Waals surface area contributed by atoms with Gasteiger partial charge in [0.2, 0.25) is 0 Å². The van der Waals surface area contributed by atoms with Crippen molar-refractivity contribution in [2.45, 2.75) is 39.0 Å². The topological polar surface area (TPSA) is 70.2 Å². The van der Waals surface area contributed by atoms with Gasteiger partial charge in [0.05, 0.1) is 28.7 Å². The van der Waals surface area contributed by atoms with Crippen molar-refractivity contribution in [2.24, 2.45) is 0 Å². The molecule has 0 bridgehead atoms. The standard InChI is InChI=1S/C23H21N5S/c1-12-24-10-21(27-12)14-3-5-16-17-6-4-15(22-11-25-13(2)28-22)8-19(17)23-20(9-26-29-23)18(16)7-14/h3,5,8-11,18H,4,6-7H2,1-2H3,(H,24,27)(H,25,28). The molecule has 0 spiro atoms. The molecule has 3 heterocycles. The molecule has 6 rings (SSSR count). The van der Waals surface area contributed by atoms with Gasteiger partial charge in [0.15, 0.2) is 0 Å². The number of hydrogen-bond acceptors (Lipinski definition) is 4. The van der Waals surface area contributed by atoms with E-state index in [1.165, 1.54) is 38.3 Å². The van der Waals surface area contributed by atoms with E-state index in [0.29, 0.717) is 5.92 Å². The van der Waals surface area contributed by atoms with Gasteiger partial charge >= 0.3 is 0 Å². The summed E-state index contributed by atoms with van der Waals surface area (Å²) in [5, 5.41) is 0. The van der Waals surface area contributed by atoms with E-state index in [1.807, 2.05) is 26.2 Å². The second-order valence-corrected chi connectivity index (χ2v) is 8.81. The summed E-state index contributed by atoms with van der Waals surface area (Å²) >= 11 is 1.63. The van der Waals surface area contributed by atoms with E-state index >= 15 is 0 Å². The first-order chi connectivity index (χ1) is 14.2. The molecule has 0 radical (unpaired) electrons. The van der Waals surface area contributed by atoms with Crippen molar-refractivity contribution >= 4 is 28.3 Å². The molecular weight excluding hydrogens is 378 g/mol. The van der Waals surface area contributed by atoms with Gasteiger partial charge in [-0.25, -0.2) is 14.3 Å². The van der Waals surface area contributed by atoms with Crippen LogP contribution in [-0.2, 0) is 0 Å². The number of aromatic nitrogens is 5. The van der Waals surface area contributed by atoms with Gasteiger partial charge in [-0.15, -0.1) is 0 Å². The van der Waals surface area contributed by atoms with E-state index in [9.17, 15) is 0 Å². The van der Waals surface area contributed by atoms with Crippen LogP contribution in [0, 0.1) is 13.8 Å². The van der Waals surface area contributed by atoms with Crippen LogP contribution in [0.1, 0.15) is 58.7 Å². The minimum atomic E-state index is 0.385. The van der Waals surface area contributed by atoms with Gasteiger partial charge in [0.1, 0.15) is 11.6 Å². The van der Waals surface area contributed by atoms with E-state index < -0.39 is 0 Å². The third-order valence-electron chi connectivity index (χ3n) is 6.22. The molecule has 3 aromatic rings. The first kappa shape index (κ1) is 16.9. The molecule has 5 nitrogen and oxygen atoms in total. The third-order valence-corrected chi connectivity index (χ3v) is 7.06.